The second kappa shape index (κ2) is 5.00. The molecule has 0 saturated heterocycles. The summed E-state index contributed by atoms with van der Waals surface area (Å²) in [6.07, 6.45) is 1.78. The molecule has 17 heavy (non-hydrogen) atoms. The summed E-state index contributed by atoms with van der Waals surface area (Å²) in [7, 11) is 0. The number of amides is 2. The molecule has 1 aromatic carbocycles. The molecule has 1 aliphatic heterocycles. The van der Waals surface area contributed by atoms with E-state index >= 15 is 0 Å². The number of rotatable bonds is 4. The van der Waals surface area contributed by atoms with E-state index in [1.165, 1.54) is 4.90 Å². The maximum absolute atomic E-state index is 12.0. The van der Waals surface area contributed by atoms with E-state index in [2.05, 4.69) is 22.9 Å². The number of hydrogen-bond donors (Lipinski definition) is 0. The number of nitrogens with zero attached hydrogens (tertiary/aromatic N) is 1. The molecule has 1 aromatic rings. The molecule has 0 spiro atoms. The van der Waals surface area contributed by atoms with Crippen LogP contribution in [-0.4, -0.2) is 28.1 Å². The van der Waals surface area contributed by atoms with Gasteiger partial charge < -0.3 is 0 Å². The summed E-state index contributed by atoms with van der Waals surface area (Å²) in [6, 6.07) is 6.99. The molecule has 0 fully saturated rings. The Kier molecular flexibility index (Phi) is 3.62. The lowest BCUT2D eigenvalue weighted by Crippen LogP contribution is -2.30. The number of hydrogen-bond acceptors (Lipinski definition) is 2. The third-order valence-corrected chi connectivity index (χ3v) is 3.32. The first kappa shape index (κ1) is 12.3. The van der Waals surface area contributed by atoms with E-state index in [9.17, 15) is 9.59 Å². The quantitative estimate of drug-likeness (QED) is 0.633. The molecule has 0 bridgehead atoms. The van der Waals surface area contributed by atoms with E-state index in [1.807, 2.05) is 0 Å². The zero-order chi connectivity index (χ0) is 12.4. The third kappa shape index (κ3) is 2.41. The molecule has 2 rings (SSSR count). The first-order valence-electron chi connectivity index (χ1n) is 5.70. The molecule has 0 N–H and O–H groups in total. The van der Waals surface area contributed by atoms with E-state index < -0.39 is 0 Å². The second-order valence-corrected chi connectivity index (χ2v) is 5.79. The van der Waals surface area contributed by atoms with Crippen molar-refractivity contribution in [3.63, 3.8) is 0 Å². The smallest absolute Gasteiger partial charge is 0.261 e. The van der Waals surface area contributed by atoms with Crippen LogP contribution in [0.3, 0.4) is 0 Å². The van der Waals surface area contributed by atoms with Crippen LogP contribution >= 0.6 is 15.9 Å². The zero-order valence-electron chi connectivity index (χ0n) is 9.65. The number of benzene rings is 1. The molecule has 0 unspecified atom stereocenters. The summed E-state index contributed by atoms with van der Waals surface area (Å²) < 4.78 is 0. The van der Waals surface area contributed by atoms with Crippen LogP contribution in [0.5, 0.6) is 0 Å². The number of carbonyl (C=O) groups excluding carboxylic acids is 2. The van der Waals surface area contributed by atoms with Crippen LogP contribution in [0, 0.1) is 0 Å². The SMILES string of the molecule is C[C@@H](Br)CCCN1C(=O)c2ccccc2C1=O. The van der Waals surface area contributed by atoms with E-state index in [0.717, 1.165) is 12.8 Å². The van der Waals surface area contributed by atoms with Gasteiger partial charge in [0.2, 0.25) is 0 Å². The summed E-state index contributed by atoms with van der Waals surface area (Å²) in [5.74, 6) is -0.319. The molecule has 0 aromatic heterocycles. The maximum atomic E-state index is 12.0. The van der Waals surface area contributed by atoms with Crippen molar-refractivity contribution in [2.75, 3.05) is 6.54 Å². The van der Waals surface area contributed by atoms with Gasteiger partial charge in [0.15, 0.2) is 0 Å². The van der Waals surface area contributed by atoms with Gasteiger partial charge in [-0.15, -0.1) is 0 Å². The predicted molar refractivity (Wildman–Crippen MR) is 69.4 cm³/mol. The fraction of sp³-hybridized carbons (Fsp3) is 0.385. The van der Waals surface area contributed by atoms with E-state index in [1.54, 1.807) is 24.3 Å². The zero-order valence-corrected chi connectivity index (χ0v) is 11.2. The van der Waals surface area contributed by atoms with Crippen molar-refractivity contribution in [3.05, 3.63) is 35.4 Å². The lowest BCUT2D eigenvalue weighted by Gasteiger charge is -2.13. The Morgan fingerprint density at radius 3 is 2.18 bits per heavy atom. The molecule has 90 valence electrons. The van der Waals surface area contributed by atoms with Gasteiger partial charge in [0, 0.05) is 11.4 Å². The van der Waals surface area contributed by atoms with Crippen LogP contribution in [0.4, 0.5) is 0 Å². The summed E-state index contributed by atoms with van der Waals surface area (Å²) in [5.41, 5.74) is 1.06. The molecule has 0 saturated carbocycles. The molecule has 1 aliphatic rings. The van der Waals surface area contributed by atoms with Gasteiger partial charge in [0.25, 0.3) is 11.8 Å². The fourth-order valence-electron chi connectivity index (χ4n) is 1.97. The minimum absolute atomic E-state index is 0.159. The first-order chi connectivity index (χ1) is 8.11. The van der Waals surface area contributed by atoms with Crippen molar-refractivity contribution >= 4 is 27.7 Å². The molecule has 1 atom stereocenters. The number of imide groups is 1. The largest absolute Gasteiger partial charge is 0.274 e. The van der Waals surface area contributed by atoms with E-state index in [0.29, 0.717) is 22.5 Å². The standard InChI is InChI=1S/C13H14BrNO2/c1-9(14)5-4-8-15-12(16)10-6-2-3-7-11(10)13(15)17/h2-3,6-7,9H,4-5,8H2,1H3/t9-/m1/s1. The molecule has 0 aliphatic carbocycles. The molecule has 2 amide bonds. The van der Waals surface area contributed by atoms with Crippen molar-refractivity contribution in [2.45, 2.75) is 24.6 Å². The molecular weight excluding hydrogens is 282 g/mol. The number of carbonyl (C=O) groups is 2. The van der Waals surface area contributed by atoms with Crippen LogP contribution in [0.15, 0.2) is 24.3 Å². The topological polar surface area (TPSA) is 37.4 Å². The van der Waals surface area contributed by atoms with Gasteiger partial charge in [-0.3, -0.25) is 14.5 Å². The van der Waals surface area contributed by atoms with Crippen molar-refractivity contribution in [1.29, 1.82) is 0 Å². The summed E-state index contributed by atoms with van der Waals surface area (Å²) in [6.45, 7) is 2.56. The number of halogens is 1. The highest BCUT2D eigenvalue weighted by Crippen LogP contribution is 2.22. The number of fused-ring (bicyclic) bond motifs is 1. The molecule has 3 nitrogen and oxygen atoms in total. The van der Waals surface area contributed by atoms with Gasteiger partial charge in [-0.2, -0.15) is 0 Å². The predicted octanol–water partition coefficient (Wildman–Crippen LogP) is 2.85. The summed E-state index contributed by atoms with van der Waals surface area (Å²) in [4.78, 5) is 25.7. The van der Waals surface area contributed by atoms with E-state index in [4.69, 9.17) is 0 Å². The van der Waals surface area contributed by atoms with Gasteiger partial charge in [-0.25, -0.2) is 0 Å². The van der Waals surface area contributed by atoms with Gasteiger partial charge in [-0.1, -0.05) is 35.0 Å². The van der Waals surface area contributed by atoms with Crippen LogP contribution in [0.25, 0.3) is 0 Å². The Bertz CT molecular complexity index is 421. The van der Waals surface area contributed by atoms with Crippen molar-refractivity contribution in [2.24, 2.45) is 0 Å². The Balaban J connectivity index is 2.08. The van der Waals surface area contributed by atoms with Crippen LogP contribution in [0.2, 0.25) is 0 Å². The average molecular weight is 296 g/mol. The fourth-order valence-corrected chi connectivity index (χ4v) is 2.30. The average Bonchev–Trinajstić information content (AvgIpc) is 2.54. The first-order valence-corrected chi connectivity index (χ1v) is 6.62. The van der Waals surface area contributed by atoms with Crippen LogP contribution in [0.1, 0.15) is 40.5 Å². The Morgan fingerprint density at radius 1 is 1.18 bits per heavy atom. The number of alkyl halides is 1. The molecule has 4 heteroatoms. The van der Waals surface area contributed by atoms with Crippen LogP contribution < -0.4 is 0 Å². The Hall–Kier alpha value is -1.16. The van der Waals surface area contributed by atoms with Crippen molar-refractivity contribution < 1.29 is 9.59 Å². The highest BCUT2D eigenvalue weighted by molar-refractivity contribution is 9.09. The Morgan fingerprint density at radius 2 is 1.71 bits per heavy atom. The lowest BCUT2D eigenvalue weighted by molar-refractivity contribution is 0.0652. The van der Waals surface area contributed by atoms with Gasteiger partial charge in [0.05, 0.1) is 11.1 Å². The van der Waals surface area contributed by atoms with Crippen molar-refractivity contribution in [1.82, 2.24) is 4.90 Å². The molecular formula is C13H14BrNO2. The minimum atomic E-state index is -0.159. The van der Waals surface area contributed by atoms with Gasteiger partial charge >= 0.3 is 0 Å². The minimum Gasteiger partial charge on any atom is -0.274 e. The highest BCUT2D eigenvalue weighted by Gasteiger charge is 2.34. The van der Waals surface area contributed by atoms with Crippen molar-refractivity contribution in [3.8, 4) is 0 Å². The Labute approximate surface area is 109 Å². The van der Waals surface area contributed by atoms with Crippen LogP contribution in [-0.2, 0) is 0 Å². The second-order valence-electron chi connectivity index (χ2n) is 4.23. The molecule has 0 radical (unpaired) electrons. The maximum Gasteiger partial charge on any atom is 0.261 e. The summed E-state index contributed by atoms with van der Waals surface area (Å²) >= 11 is 3.45. The van der Waals surface area contributed by atoms with Gasteiger partial charge in [-0.05, 0) is 25.0 Å². The van der Waals surface area contributed by atoms with E-state index in [-0.39, 0.29) is 11.8 Å². The normalized spacial score (nSPS) is 16.2. The summed E-state index contributed by atoms with van der Waals surface area (Å²) in [5, 5.41) is 0. The third-order valence-electron chi connectivity index (χ3n) is 2.86. The van der Waals surface area contributed by atoms with Gasteiger partial charge in [0.1, 0.15) is 0 Å². The monoisotopic (exact) mass is 295 g/mol. The highest BCUT2D eigenvalue weighted by atomic mass is 79.9. The molecule has 1 heterocycles. The lowest BCUT2D eigenvalue weighted by atomic mass is 10.1.